The Bertz CT molecular complexity index is 967. The minimum Gasteiger partial charge on any atom is -0.371 e. The van der Waals surface area contributed by atoms with Crippen molar-refractivity contribution < 1.29 is 18.9 Å². The van der Waals surface area contributed by atoms with Crippen molar-refractivity contribution in [3.8, 4) is 0 Å². The van der Waals surface area contributed by atoms with Gasteiger partial charge in [0.2, 0.25) is 0 Å². The third-order valence-corrected chi connectivity index (χ3v) is 5.27. The van der Waals surface area contributed by atoms with E-state index in [0.29, 0.717) is 25.2 Å². The first-order valence-electron chi connectivity index (χ1n) is 9.77. The van der Waals surface area contributed by atoms with Crippen LogP contribution in [0.4, 0.5) is 0 Å². The van der Waals surface area contributed by atoms with Crippen LogP contribution in [0, 0.1) is 6.92 Å². The van der Waals surface area contributed by atoms with E-state index in [4.69, 9.17) is 18.9 Å². The molecule has 8 heteroatoms. The average molecular weight is 402 g/mol. The van der Waals surface area contributed by atoms with E-state index in [1.165, 1.54) is 10.8 Å². The standard InChI is InChI=1S/C21H26N2O6/c1-13-10-23(20(25)22-19(13)24)17-9-15(26-11-14-7-5-4-6-8-14)18(28-17)16-12-27-21(2,3)29-16/h4-8,10,15-18H,9,11-12H2,1-3H3,(H,22,24,25)/t15-,16+,17-,18-/m0/s1. The van der Waals surface area contributed by atoms with Crippen LogP contribution in [0.3, 0.4) is 0 Å². The second-order valence-electron chi connectivity index (χ2n) is 7.97. The molecule has 0 unspecified atom stereocenters. The molecule has 0 bridgehead atoms. The molecule has 156 valence electrons. The van der Waals surface area contributed by atoms with Gasteiger partial charge in [0.1, 0.15) is 18.4 Å². The molecule has 0 amide bonds. The molecule has 3 heterocycles. The highest BCUT2D eigenvalue weighted by atomic mass is 16.8. The Hall–Kier alpha value is -2.26. The zero-order valence-corrected chi connectivity index (χ0v) is 16.8. The normalized spacial score (nSPS) is 28.7. The van der Waals surface area contributed by atoms with Gasteiger partial charge in [0.15, 0.2) is 5.79 Å². The number of hydrogen-bond donors (Lipinski definition) is 1. The van der Waals surface area contributed by atoms with Crippen LogP contribution >= 0.6 is 0 Å². The predicted molar refractivity (Wildman–Crippen MR) is 105 cm³/mol. The second-order valence-corrected chi connectivity index (χ2v) is 7.97. The Morgan fingerprint density at radius 2 is 2.00 bits per heavy atom. The third kappa shape index (κ3) is 4.35. The number of H-pyrrole nitrogens is 1. The van der Waals surface area contributed by atoms with Crippen molar-refractivity contribution in [1.29, 1.82) is 0 Å². The predicted octanol–water partition coefficient (Wildman–Crippen LogP) is 1.87. The minimum absolute atomic E-state index is 0.290. The lowest BCUT2D eigenvalue weighted by atomic mass is 10.1. The molecule has 1 aromatic heterocycles. The molecule has 0 saturated carbocycles. The van der Waals surface area contributed by atoms with Crippen molar-refractivity contribution in [1.82, 2.24) is 9.55 Å². The van der Waals surface area contributed by atoms with Crippen LogP contribution in [0.25, 0.3) is 0 Å². The van der Waals surface area contributed by atoms with Gasteiger partial charge in [-0.15, -0.1) is 0 Å². The summed E-state index contributed by atoms with van der Waals surface area (Å²) in [6.07, 6.45) is 0.430. The molecule has 2 fully saturated rings. The molecule has 4 atom stereocenters. The molecule has 0 radical (unpaired) electrons. The number of ether oxygens (including phenoxy) is 4. The van der Waals surface area contributed by atoms with Gasteiger partial charge >= 0.3 is 5.69 Å². The number of rotatable bonds is 5. The third-order valence-electron chi connectivity index (χ3n) is 5.27. The first-order valence-corrected chi connectivity index (χ1v) is 9.77. The van der Waals surface area contributed by atoms with Gasteiger partial charge in [-0.3, -0.25) is 14.3 Å². The van der Waals surface area contributed by atoms with Gasteiger partial charge in [-0.2, -0.15) is 0 Å². The lowest BCUT2D eigenvalue weighted by Crippen LogP contribution is -2.39. The van der Waals surface area contributed by atoms with E-state index in [-0.39, 0.29) is 12.2 Å². The molecule has 8 nitrogen and oxygen atoms in total. The summed E-state index contributed by atoms with van der Waals surface area (Å²) in [5.41, 5.74) is 0.597. The van der Waals surface area contributed by atoms with Crippen molar-refractivity contribution in [2.75, 3.05) is 6.61 Å². The van der Waals surface area contributed by atoms with Gasteiger partial charge in [-0.1, -0.05) is 30.3 Å². The van der Waals surface area contributed by atoms with Crippen molar-refractivity contribution in [3.63, 3.8) is 0 Å². The van der Waals surface area contributed by atoms with Crippen LogP contribution in [-0.4, -0.2) is 40.3 Å². The summed E-state index contributed by atoms with van der Waals surface area (Å²) in [5.74, 6) is -0.693. The molecule has 1 aromatic carbocycles. The van der Waals surface area contributed by atoms with Crippen molar-refractivity contribution in [2.24, 2.45) is 0 Å². The maximum Gasteiger partial charge on any atom is 0.330 e. The van der Waals surface area contributed by atoms with Gasteiger partial charge in [0, 0.05) is 18.2 Å². The van der Waals surface area contributed by atoms with E-state index in [2.05, 4.69) is 4.98 Å². The number of hydrogen-bond acceptors (Lipinski definition) is 6. The first-order chi connectivity index (χ1) is 13.8. The minimum atomic E-state index is -0.693. The van der Waals surface area contributed by atoms with Gasteiger partial charge < -0.3 is 18.9 Å². The molecule has 0 aliphatic carbocycles. The van der Waals surface area contributed by atoms with Crippen molar-refractivity contribution in [2.45, 2.75) is 64.1 Å². The largest absolute Gasteiger partial charge is 0.371 e. The van der Waals surface area contributed by atoms with Crippen LogP contribution in [0.5, 0.6) is 0 Å². The lowest BCUT2D eigenvalue weighted by molar-refractivity contribution is -0.168. The van der Waals surface area contributed by atoms with Crippen LogP contribution in [0.15, 0.2) is 46.1 Å². The maximum absolute atomic E-state index is 12.3. The lowest BCUT2D eigenvalue weighted by Gasteiger charge is -2.25. The monoisotopic (exact) mass is 402 g/mol. The fourth-order valence-electron chi connectivity index (χ4n) is 3.78. The molecular weight excluding hydrogens is 376 g/mol. The fraction of sp³-hybridized carbons (Fsp3) is 0.524. The molecule has 2 aromatic rings. The Kier molecular flexibility index (Phi) is 5.44. The summed E-state index contributed by atoms with van der Waals surface area (Å²) in [7, 11) is 0. The molecule has 2 aliphatic heterocycles. The summed E-state index contributed by atoms with van der Waals surface area (Å²) in [4.78, 5) is 26.4. The number of benzene rings is 1. The highest BCUT2D eigenvalue weighted by Gasteiger charge is 2.47. The summed E-state index contributed by atoms with van der Waals surface area (Å²) < 4.78 is 25.5. The van der Waals surface area contributed by atoms with Crippen LogP contribution in [-0.2, 0) is 25.6 Å². The number of aromatic amines is 1. The molecule has 29 heavy (non-hydrogen) atoms. The number of aromatic nitrogens is 2. The topological polar surface area (TPSA) is 91.8 Å². The van der Waals surface area contributed by atoms with Gasteiger partial charge in [-0.05, 0) is 26.3 Å². The van der Waals surface area contributed by atoms with E-state index in [0.717, 1.165) is 5.56 Å². The highest BCUT2D eigenvalue weighted by Crippen LogP contribution is 2.37. The number of aryl methyl sites for hydroxylation is 1. The molecule has 1 N–H and O–H groups in total. The quantitative estimate of drug-likeness (QED) is 0.821. The Morgan fingerprint density at radius 3 is 2.69 bits per heavy atom. The zero-order valence-electron chi connectivity index (χ0n) is 16.8. The summed E-state index contributed by atoms with van der Waals surface area (Å²) >= 11 is 0. The highest BCUT2D eigenvalue weighted by molar-refractivity contribution is 5.13. The van der Waals surface area contributed by atoms with Crippen molar-refractivity contribution in [3.05, 3.63) is 68.5 Å². The molecule has 0 spiro atoms. The Labute approximate surface area is 168 Å². The van der Waals surface area contributed by atoms with E-state index >= 15 is 0 Å². The van der Waals surface area contributed by atoms with E-state index < -0.39 is 29.4 Å². The van der Waals surface area contributed by atoms with E-state index in [1.54, 1.807) is 6.92 Å². The number of nitrogens with zero attached hydrogens (tertiary/aromatic N) is 1. The Balaban J connectivity index is 1.56. The molecule has 2 saturated heterocycles. The van der Waals surface area contributed by atoms with Gasteiger partial charge in [-0.25, -0.2) is 4.79 Å². The SMILES string of the molecule is Cc1cn([C@@H]2C[C@H](OCc3ccccc3)[C@@H]([C@H]3COC(C)(C)O3)O2)c(=O)[nH]c1=O. The fourth-order valence-corrected chi connectivity index (χ4v) is 3.78. The Morgan fingerprint density at radius 1 is 1.24 bits per heavy atom. The smallest absolute Gasteiger partial charge is 0.330 e. The average Bonchev–Trinajstić information content (AvgIpc) is 3.26. The number of nitrogens with one attached hydrogen (secondary N) is 1. The van der Waals surface area contributed by atoms with E-state index in [9.17, 15) is 9.59 Å². The summed E-state index contributed by atoms with van der Waals surface area (Å²) in [6.45, 7) is 6.18. The van der Waals surface area contributed by atoms with Crippen LogP contribution in [0.2, 0.25) is 0 Å². The maximum atomic E-state index is 12.3. The van der Waals surface area contributed by atoms with Gasteiger partial charge in [0.25, 0.3) is 5.56 Å². The first kappa shape index (κ1) is 20.0. The van der Waals surface area contributed by atoms with Crippen LogP contribution in [0.1, 0.15) is 37.6 Å². The molecule has 4 rings (SSSR count). The van der Waals surface area contributed by atoms with Crippen molar-refractivity contribution >= 4 is 0 Å². The van der Waals surface area contributed by atoms with Crippen LogP contribution < -0.4 is 11.2 Å². The summed E-state index contributed by atoms with van der Waals surface area (Å²) in [5, 5.41) is 0. The van der Waals surface area contributed by atoms with E-state index in [1.807, 2.05) is 44.2 Å². The molecular formula is C21H26N2O6. The zero-order chi connectivity index (χ0) is 20.6. The second kappa shape index (κ2) is 7.87. The molecule has 2 aliphatic rings. The summed E-state index contributed by atoms with van der Waals surface area (Å²) in [6, 6.07) is 9.87. The van der Waals surface area contributed by atoms with Gasteiger partial charge in [0.05, 0.1) is 19.3 Å².